The van der Waals surface area contributed by atoms with Crippen molar-refractivity contribution in [2.75, 3.05) is 6.54 Å². The molecule has 6 nitrogen and oxygen atoms in total. The van der Waals surface area contributed by atoms with E-state index in [9.17, 15) is 19.8 Å². The highest BCUT2D eigenvalue weighted by Gasteiger charge is 2.44. The molecule has 7 heteroatoms. The molecule has 1 atom stereocenters. The fraction of sp³-hybridized carbons (Fsp3) is 0.217. The van der Waals surface area contributed by atoms with Crippen molar-refractivity contribution in [1.82, 2.24) is 4.90 Å². The Morgan fingerprint density at radius 2 is 1.93 bits per heavy atom. The van der Waals surface area contributed by atoms with Crippen LogP contribution in [-0.4, -0.2) is 33.3 Å². The number of hydrogen-bond acceptors (Lipinski definition) is 5. The lowest BCUT2D eigenvalue weighted by atomic mass is 9.94. The van der Waals surface area contributed by atoms with Crippen LogP contribution in [0.3, 0.4) is 0 Å². The van der Waals surface area contributed by atoms with Gasteiger partial charge in [0.1, 0.15) is 11.3 Å². The highest BCUT2D eigenvalue weighted by Crippen LogP contribution is 2.41. The maximum atomic E-state index is 13.4. The third-order valence-electron chi connectivity index (χ3n) is 5.24. The van der Waals surface area contributed by atoms with Crippen molar-refractivity contribution < 1.29 is 24.2 Å². The van der Waals surface area contributed by atoms with Gasteiger partial charge in [0, 0.05) is 11.9 Å². The van der Waals surface area contributed by atoms with E-state index < -0.39 is 23.5 Å². The van der Waals surface area contributed by atoms with E-state index in [1.807, 2.05) is 19.1 Å². The number of carbonyl (C=O) groups excluding carboxylic acids is 2. The Morgan fingerprint density at radius 3 is 2.63 bits per heavy atom. The van der Waals surface area contributed by atoms with Crippen molar-refractivity contribution >= 4 is 34.3 Å². The molecule has 0 saturated heterocycles. The van der Waals surface area contributed by atoms with E-state index in [0.717, 1.165) is 11.8 Å². The van der Waals surface area contributed by atoms with Gasteiger partial charge in [0.15, 0.2) is 11.5 Å². The molecule has 2 N–H and O–H groups in total. The minimum Gasteiger partial charge on any atom is -0.506 e. The van der Waals surface area contributed by atoms with E-state index in [4.69, 9.17) is 16.0 Å². The Kier molecular flexibility index (Phi) is 5.26. The lowest BCUT2D eigenvalue weighted by molar-refractivity contribution is -0.129. The van der Waals surface area contributed by atoms with Crippen molar-refractivity contribution in [3.8, 4) is 5.75 Å². The number of benzene rings is 2. The number of phenolic OH excluding ortho intramolecular Hbond substituents is 1. The van der Waals surface area contributed by atoms with Crippen LogP contribution in [0.15, 0.2) is 64.3 Å². The van der Waals surface area contributed by atoms with Crippen LogP contribution in [-0.2, 0) is 4.79 Å². The van der Waals surface area contributed by atoms with E-state index in [2.05, 4.69) is 0 Å². The number of aliphatic hydroxyl groups is 1. The molecule has 30 heavy (non-hydrogen) atoms. The molecule has 0 radical (unpaired) electrons. The lowest BCUT2D eigenvalue weighted by Gasteiger charge is -2.26. The second kappa shape index (κ2) is 7.88. The third kappa shape index (κ3) is 3.33. The molecule has 0 aliphatic carbocycles. The number of para-hydroxylation sites is 1. The highest BCUT2D eigenvalue weighted by molar-refractivity contribution is 6.32. The zero-order valence-electron chi connectivity index (χ0n) is 16.3. The number of aliphatic hydroxyl groups excluding tert-OH is 1. The first kappa shape index (κ1) is 20.0. The van der Waals surface area contributed by atoms with Gasteiger partial charge in [-0.2, -0.15) is 0 Å². The summed E-state index contributed by atoms with van der Waals surface area (Å²) >= 11 is 6.08. The summed E-state index contributed by atoms with van der Waals surface area (Å²) in [6, 6.07) is 12.4. The van der Waals surface area contributed by atoms with Crippen molar-refractivity contribution in [3.63, 3.8) is 0 Å². The number of nitrogens with zero attached hydrogens (tertiary/aromatic N) is 1. The van der Waals surface area contributed by atoms with Crippen LogP contribution in [0, 0.1) is 0 Å². The second-order valence-electron chi connectivity index (χ2n) is 7.21. The van der Waals surface area contributed by atoms with E-state index in [0.29, 0.717) is 24.1 Å². The number of ketones is 1. The molecule has 0 fully saturated rings. The van der Waals surface area contributed by atoms with Gasteiger partial charge in [-0.1, -0.05) is 49.2 Å². The Labute approximate surface area is 178 Å². The SMILES string of the molecule is CCCCN1C(=O)C(O)=C(C(=O)c2cc3ccccc3o2)C1c1ccc(O)c(Cl)c1. The molecule has 2 aromatic carbocycles. The summed E-state index contributed by atoms with van der Waals surface area (Å²) in [7, 11) is 0. The maximum Gasteiger partial charge on any atom is 0.290 e. The molecule has 4 rings (SSSR count). The first-order valence-corrected chi connectivity index (χ1v) is 10.1. The molecule has 0 bridgehead atoms. The Bertz CT molecular complexity index is 1150. The van der Waals surface area contributed by atoms with Crippen molar-refractivity contribution in [1.29, 1.82) is 0 Å². The summed E-state index contributed by atoms with van der Waals surface area (Å²) < 4.78 is 5.68. The smallest absolute Gasteiger partial charge is 0.290 e. The molecule has 154 valence electrons. The fourth-order valence-electron chi connectivity index (χ4n) is 3.71. The van der Waals surface area contributed by atoms with Gasteiger partial charge < -0.3 is 19.5 Å². The number of phenols is 1. The minimum absolute atomic E-state index is 0.0396. The summed E-state index contributed by atoms with van der Waals surface area (Å²) in [4.78, 5) is 27.6. The Morgan fingerprint density at radius 1 is 1.17 bits per heavy atom. The van der Waals surface area contributed by atoms with E-state index in [-0.39, 0.29) is 22.1 Å². The summed E-state index contributed by atoms with van der Waals surface area (Å²) in [5.41, 5.74) is 1.00. The predicted octanol–water partition coefficient (Wildman–Crippen LogP) is 5.17. The van der Waals surface area contributed by atoms with Crippen LogP contribution in [0.25, 0.3) is 11.0 Å². The molecule has 1 amide bonds. The molecule has 1 unspecified atom stereocenters. The zero-order chi connectivity index (χ0) is 21.4. The van der Waals surface area contributed by atoms with Crippen LogP contribution in [0.5, 0.6) is 5.75 Å². The highest BCUT2D eigenvalue weighted by atomic mass is 35.5. The molecular weight excluding hydrogens is 406 g/mol. The first-order chi connectivity index (χ1) is 14.4. The van der Waals surface area contributed by atoms with Gasteiger partial charge in [0.05, 0.1) is 16.6 Å². The molecule has 1 aliphatic heterocycles. The molecular formula is C23H20ClNO5. The number of hydrogen-bond donors (Lipinski definition) is 2. The van der Waals surface area contributed by atoms with Crippen molar-refractivity contribution in [3.05, 3.63) is 76.2 Å². The summed E-state index contributed by atoms with van der Waals surface area (Å²) in [6.07, 6.45) is 1.54. The topological polar surface area (TPSA) is 91.0 Å². The molecule has 1 aromatic heterocycles. The summed E-state index contributed by atoms with van der Waals surface area (Å²) in [6.45, 7) is 2.35. The fourth-order valence-corrected chi connectivity index (χ4v) is 3.90. The van der Waals surface area contributed by atoms with Crippen LogP contribution < -0.4 is 0 Å². The van der Waals surface area contributed by atoms with Crippen LogP contribution in [0.1, 0.15) is 41.9 Å². The van der Waals surface area contributed by atoms with E-state index in [1.54, 1.807) is 24.3 Å². The monoisotopic (exact) mass is 425 g/mol. The normalized spacial score (nSPS) is 16.7. The first-order valence-electron chi connectivity index (χ1n) is 9.68. The molecule has 0 spiro atoms. The summed E-state index contributed by atoms with van der Waals surface area (Å²) in [5.74, 6) is -1.84. The largest absolute Gasteiger partial charge is 0.506 e. The average Bonchev–Trinajstić information content (AvgIpc) is 3.28. The van der Waals surface area contributed by atoms with Crippen molar-refractivity contribution in [2.45, 2.75) is 25.8 Å². The van der Waals surface area contributed by atoms with Crippen molar-refractivity contribution in [2.24, 2.45) is 0 Å². The van der Waals surface area contributed by atoms with Gasteiger partial charge in [-0.25, -0.2) is 0 Å². The molecule has 2 heterocycles. The van der Waals surface area contributed by atoms with Gasteiger partial charge in [0.25, 0.3) is 5.91 Å². The molecule has 1 aliphatic rings. The lowest BCUT2D eigenvalue weighted by Crippen LogP contribution is -2.32. The molecule has 0 saturated carbocycles. The van der Waals surface area contributed by atoms with Gasteiger partial charge in [-0.3, -0.25) is 9.59 Å². The third-order valence-corrected chi connectivity index (χ3v) is 5.54. The number of unbranched alkanes of at least 4 members (excludes halogenated alkanes) is 1. The quantitative estimate of drug-likeness (QED) is 0.531. The number of rotatable bonds is 6. The Hall–Kier alpha value is -3.25. The van der Waals surface area contributed by atoms with Gasteiger partial charge in [0.2, 0.25) is 5.78 Å². The van der Waals surface area contributed by atoms with Crippen LogP contribution in [0.4, 0.5) is 0 Å². The summed E-state index contributed by atoms with van der Waals surface area (Å²) in [5, 5.41) is 21.3. The van der Waals surface area contributed by atoms with E-state index >= 15 is 0 Å². The number of carbonyl (C=O) groups is 2. The van der Waals surface area contributed by atoms with Crippen LogP contribution >= 0.6 is 11.6 Å². The molecule has 3 aromatic rings. The average molecular weight is 426 g/mol. The number of amides is 1. The Balaban J connectivity index is 1.82. The standard InChI is InChI=1S/C23H20ClNO5/c1-2-3-10-25-20(14-8-9-16(26)15(24)11-14)19(22(28)23(25)29)21(27)18-12-13-6-4-5-7-17(13)30-18/h4-9,11-12,20,26,28H,2-3,10H2,1H3. The number of furan rings is 1. The minimum atomic E-state index is -0.831. The van der Waals surface area contributed by atoms with Gasteiger partial charge in [-0.15, -0.1) is 0 Å². The van der Waals surface area contributed by atoms with Gasteiger partial charge in [-0.05, 0) is 36.2 Å². The number of Topliss-reactive ketones (excluding diaryl/α,β-unsaturated/α-hetero) is 1. The number of aromatic hydroxyl groups is 1. The van der Waals surface area contributed by atoms with E-state index in [1.165, 1.54) is 17.0 Å². The van der Waals surface area contributed by atoms with Gasteiger partial charge >= 0.3 is 0 Å². The zero-order valence-corrected chi connectivity index (χ0v) is 17.0. The second-order valence-corrected chi connectivity index (χ2v) is 7.61. The van der Waals surface area contributed by atoms with Crippen LogP contribution in [0.2, 0.25) is 5.02 Å². The predicted molar refractivity (Wildman–Crippen MR) is 113 cm³/mol. The number of fused-ring (bicyclic) bond motifs is 1. The number of halogens is 1. The maximum absolute atomic E-state index is 13.4.